The number of aryl methyl sites for hydroxylation is 1. The average Bonchev–Trinajstić information content (AvgIpc) is 2.74. The number of ether oxygens (including phenoxy) is 1. The summed E-state index contributed by atoms with van der Waals surface area (Å²) in [5.41, 5.74) is 1.01. The summed E-state index contributed by atoms with van der Waals surface area (Å²) >= 11 is 3.97. The molecular formula is C12H12INOS. The molecule has 1 aromatic heterocycles. The van der Waals surface area contributed by atoms with Gasteiger partial charge in [-0.25, -0.2) is 4.98 Å². The van der Waals surface area contributed by atoms with E-state index in [4.69, 9.17) is 4.74 Å². The SMILES string of the molecule is CCc1nc(COc2cccc(I)c2)cs1. The molecule has 1 heterocycles. The second-order valence-electron chi connectivity index (χ2n) is 3.33. The van der Waals surface area contributed by atoms with Crippen LogP contribution in [-0.2, 0) is 13.0 Å². The Balaban J connectivity index is 1.96. The summed E-state index contributed by atoms with van der Waals surface area (Å²) in [7, 11) is 0. The van der Waals surface area contributed by atoms with Crippen LogP contribution in [-0.4, -0.2) is 4.98 Å². The van der Waals surface area contributed by atoms with Crippen LogP contribution in [0.1, 0.15) is 17.6 Å². The van der Waals surface area contributed by atoms with Gasteiger partial charge in [0, 0.05) is 8.95 Å². The minimum atomic E-state index is 0.552. The van der Waals surface area contributed by atoms with E-state index in [-0.39, 0.29) is 0 Å². The van der Waals surface area contributed by atoms with Crippen LogP contribution in [0.15, 0.2) is 29.6 Å². The third kappa shape index (κ3) is 3.18. The number of hydrogen-bond donors (Lipinski definition) is 0. The summed E-state index contributed by atoms with van der Waals surface area (Å²) in [5.74, 6) is 0.901. The summed E-state index contributed by atoms with van der Waals surface area (Å²) in [4.78, 5) is 4.46. The standard InChI is InChI=1S/C12H12INOS/c1-2-12-14-10(8-16-12)7-15-11-5-3-4-9(13)6-11/h3-6,8H,2,7H2,1H3. The summed E-state index contributed by atoms with van der Waals surface area (Å²) < 4.78 is 6.85. The largest absolute Gasteiger partial charge is 0.487 e. The van der Waals surface area contributed by atoms with Crippen molar-refractivity contribution in [3.05, 3.63) is 43.9 Å². The highest BCUT2D eigenvalue weighted by molar-refractivity contribution is 14.1. The normalized spacial score (nSPS) is 10.4. The van der Waals surface area contributed by atoms with E-state index in [0.717, 1.165) is 17.9 Å². The van der Waals surface area contributed by atoms with E-state index in [2.05, 4.69) is 39.9 Å². The predicted molar refractivity (Wildman–Crippen MR) is 75.0 cm³/mol. The fourth-order valence-corrected chi connectivity index (χ4v) is 2.54. The van der Waals surface area contributed by atoms with E-state index in [1.807, 2.05) is 24.3 Å². The Bertz CT molecular complexity index is 470. The van der Waals surface area contributed by atoms with Gasteiger partial charge in [-0.2, -0.15) is 0 Å². The molecule has 84 valence electrons. The number of thiazole rings is 1. The minimum absolute atomic E-state index is 0.552. The van der Waals surface area contributed by atoms with Crippen LogP contribution in [0.3, 0.4) is 0 Å². The second kappa shape index (κ2) is 5.63. The van der Waals surface area contributed by atoms with Crippen LogP contribution in [0.25, 0.3) is 0 Å². The molecule has 2 rings (SSSR count). The van der Waals surface area contributed by atoms with Crippen molar-refractivity contribution in [2.45, 2.75) is 20.0 Å². The molecule has 0 saturated heterocycles. The molecule has 0 saturated carbocycles. The molecule has 4 heteroatoms. The third-order valence-electron chi connectivity index (χ3n) is 2.08. The summed E-state index contributed by atoms with van der Waals surface area (Å²) in [6, 6.07) is 8.03. The Kier molecular flexibility index (Phi) is 4.17. The van der Waals surface area contributed by atoms with Crippen molar-refractivity contribution in [2.24, 2.45) is 0 Å². The van der Waals surface area contributed by atoms with Gasteiger partial charge in [-0.3, -0.25) is 0 Å². The minimum Gasteiger partial charge on any atom is -0.487 e. The van der Waals surface area contributed by atoms with E-state index >= 15 is 0 Å². The zero-order valence-corrected chi connectivity index (χ0v) is 11.9. The van der Waals surface area contributed by atoms with Gasteiger partial charge in [0.25, 0.3) is 0 Å². The topological polar surface area (TPSA) is 22.1 Å². The lowest BCUT2D eigenvalue weighted by Crippen LogP contribution is -1.96. The smallest absolute Gasteiger partial charge is 0.131 e. The maximum atomic E-state index is 5.67. The molecule has 2 aromatic rings. The van der Waals surface area contributed by atoms with Crippen LogP contribution in [0.2, 0.25) is 0 Å². The van der Waals surface area contributed by atoms with E-state index in [0.29, 0.717) is 6.61 Å². The number of benzene rings is 1. The van der Waals surface area contributed by atoms with Crippen LogP contribution in [0.5, 0.6) is 5.75 Å². The number of rotatable bonds is 4. The molecule has 0 bridgehead atoms. The molecule has 0 aliphatic rings. The monoisotopic (exact) mass is 345 g/mol. The summed E-state index contributed by atoms with van der Waals surface area (Å²) in [6.07, 6.45) is 0.994. The van der Waals surface area contributed by atoms with Crippen LogP contribution in [0.4, 0.5) is 0 Å². The lowest BCUT2D eigenvalue weighted by molar-refractivity contribution is 0.301. The van der Waals surface area contributed by atoms with Gasteiger partial charge in [-0.15, -0.1) is 11.3 Å². The molecule has 0 aliphatic carbocycles. The molecule has 0 N–H and O–H groups in total. The third-order valence-corrected chi connectivity index (χ3v) is 3.80. The van der Waals surface area contributed by atoms with E-state index in [1.54, 1.807) is 11.3 Å². The number of aromatic nitrogens is 1. The van der Waals surface area contributed by atoms with Crippen molar-refractivity contribution < 1.29 is 4.74 Å². The lowest BCUT2D eigenvalue weighted by Gasteiger charge is -2.03. The lowest BCUT2D eigenvalue weighted by atomic mass is 10.3. The second-order valence-corrected chi connectivity index (χ2v) is 5.52. The predicted octanol–water partition coefficient (Wildman–Crippen LogP) is 3.89. The summed E-state index contributed by atoms with van der Waals surface area (Å²) in [5, 5.41) is 3.23. The molecule has 16 heavy (non-hydrogen) atoms. The number of hydrogen-bond acceptors (Lipinski definition) is 3. The molecule has 0 amide bonds. The average molecular weight is 345 g/mol. The van der Waals surface area contributed by atoms with Gasteiger partial charge in [-0.05, 0) is 47.2 Å². The van der Waals surface area contributed by atoms with E-state index in [9.17, 15) is 0 Å². The van der Waals surface area contributed by atoms with E-state index in [1.165, 1.54) is 8.58 Å². The Morgan fingerprint density at radius 1 is 1.44 bits per heavy atom. The molecule has 0 aliphatic heterocycles. The summed E-state index contributed by atoms with van der Waals surface area (Å²) in [6.45, 7) is 2.67. The van der Waals surface area contributed by atoms with E-state index < -0.39 is 0 Å². The van der Waals surface area contributed by atoms with Gasteiger partial charge in [-0.1, -0.05) is 13.0 Å². The van der Waals surface area contributed by atoms with Crippen molar-refractivity contribution in [1.82, 2.24) is 4.98 Å². The van der Waals surface area contributed by atoms with Gasteiger partial charge < -0.3 is 4.74 Å². The van der Waals surface area contributed by atoms with Gasteiger partial charge in [0.15, 0.2) is 0 Å². The molecule has 2 nitrogen and oxygen atoms in total. The van der Waals surface area contributed by atoms with Crippen molar-refractivity contribution in [1.29, 1.82) is 0 Å². The van der Waals surface area contributed by atoms with Crippen molar-refractivity contribution in [3.63, 3.8) is 0 Å². The Morgan fingerprint density at radius 3 is 3.00 bits per heavy atom. The van der Waals surface area contributed by atoms with Crippen molar-refractivity contribution in [3.8, 4) is 5.75 Å². The highest BCUT2D eigenvalue weighted by Gasteiger charge is 2.01. The number of halogens is 1. The van der Waals surface area contributed by atoms with Gasteiger partial charge >= 0.3 is 0 Å². The first-order valence-electron chi connectivity index (χ1n) is 5.09. The first-order valence-corrected chi connectivity index (χ1v) is 7.05. The Morgan fingerprint density at radius 2 is 2.31 bits per heavy atom. The molecule has 0 spiro atoms. The van der Waals surface area contributed by atoms with Gasteiger partial charge in [0.2, 0.25) is 0 Å². The first kappa shape index (κ1) is 11.9. The molecular weight excluding hydrogens is 333 g/mol. The first-order chi connectivity index (χ1) is 7.78. The number of nitrogens with zero attached hydrogens (tertiary/aromatic N) is 1. The van der Waals surface area contributed by atoms with Crippen molar-refractivity contribution >= 4 is 33.9 Å². The quantitative estimate of drug-likeness (QED) is 0.785. The fourth-order valence-electron chi connectivity index (χ4n) is 1.29. The Labute approximate surface area is 113 Å². The maximum Gasteiger partial charge on any atom is 0.131 e. The van der Waals surface area contributed by atoms with Crippen LogP contribution >= 0.6 is 33.9 Å². The highest BCUT2D eigenvalue weighted by Crippen LogP contribution is 2.17. The fraction of sp³-hybridized carbons (Fsp3) is 0.250. The van der Waals surface area contributed by atoms with Gasteiger partial charge in [0.1, 0.15) is 12.4 Å². The highest BCUT2D eigenvalue weighted by atomic mass is 127. The molecule has 0 fully saturated rings. The maximum absolute atomic E-state index is 5.67. The van der Waals surface area contributed by atoms with Gasteiger partial charge in [0.05, 0.1) is 10.7 Å². The molecule has 0 radical (unpaired) electrons. The molecule has 1 aromatic carbocycles. The van der Waals surface area contributed by atoms with Crippen LogP contribution < -0.4 is 4.74 Å². The van der Waals surface area contributed by atoms with Crippen molar-refractivity contribution in [2.75, 3.05) is 0 Å². The van der Waals surface area contributed by atoms with Crippen LogP contribution in [0, 0.1) is 3.57 Å². The Hall–Kier alpha value is -0.620. The molecule has 0 unspecified atom stereocenters. The zero-order valence-electron chi connectivity index (χ0n) is 8.94. The molecule has 0 atom stereocenters. The zero-order chi connectivity index (χ0) is 11.4.